The zero-order valence-corrected chi connectivity index (χ0v) is 14.2. The number of fused-ring (bicyclic) bond motifs is 1. The molecule has 2 heterocycles. The number of para-hydroxylation sites is 1. The van der Waals surface area contributed by atoms with Crippen LogP contribution in [0.1, 0.15) is 18.4 Å². The van der Waals surface area contributed by atoms with E-state index in [1.165, 1.54) is 29.2 Å². The highest BCUT2D eigenvalue weighted by atomic mass is 32.2. The lowest BCUT2D eigenvalue weighted by molar-refractivity contribution is -0.117. The van der Waals surface area contributed by atoms with Gasteiger partial charge in [-0.1, -0.05) is 12.1 Å². The molecule has 0 radical (unpaired) electrons. The van der Waals surface area contributed by atoms with Crippen LogP contribution >= 0.6 is 0 Å². The minimum atomic E-state index is -4.07. The summed E-state index contributed by atoms with van der Waals surface area (Å²) in [4.78, 5) is 13.2. The van der Waals surface area contributed by atoms with Crippen LogP contribution in [0.15, 0.2) is 45.7 Å². The van der Waals surface area contributed by atoms with Gasteiger partial charge in [0.05, 0.1) is 11.3 Å². The van der Waals surface area contributed by atoms with Gasteiger partial charge in [-0.15, -0.1) is 4.40 Å². The van der Waals surface area contributed by atoms with Crippen molar-refractivity contribution in [1.29, 1.82) is 0 Å². The third kappa shape index (κ3) is 2.55. The summed E-state index contributed by atoms with van der Waals surface area (Å²) in [6, 6.07) is 7.76. The van der Waals surface area contributed by atoms with E-state index in [4.69, 9.17) is 0 Å². The van der Waals surface area contributed by atoms with Crippen molar-refractivity contribution in [3.63, 3.8) is 0 Å². The number of nitrogens with one attached hydrogen (secondary N) is 1. The number of nitrogens with zero attached hydrogens (tertiary/aromatic N) is 2. The van der Waals surface area contributed by atoms with E-state index >= 15 is 0 Å². The van der Waals surface area contributed by atoms with Gasteiger partial charge in [0.2, 0.25) is 5.91 Å². The number of hydrogen-bond donors (Lipinski definition) is 1. The maximum absolute atomic E-state index is 14.5. The predicted molar refractivity (Wildman–Crippen MR) is 91.7 cm³/mol. The lowest BCUT2D eigenvalue weighted by Crippen LogP contribution is -2.26. The normalized spacial score (nSPS) is 18.0. The van der Waals surface area contributed by atoms with Crippen molar-refractivity contribution in [3.8, 4) is 0 Å². The molecule has 4 rings (SSSR count). The summed E-state index contributed by atoms with van der Waals surface area (Å²) >= 11 is 0. The number of benzene rings is 2. The molecule has 2 aromatic rings. The van der Waals surface area contributed by atoms with Crippen LogP contribution in [0.3, 0.4) is 0 Å². The first-order chi connectivity index (χ1) is 12.4. The summed E-state index contributed by atoms with van der Waals surface area (Å²) in [6.45, 7) is 0.423. The monoisotopic (exact) mass is 377 g/mol. The van der Waals surface area contributed by atoms with E-state index in [1.54, 1.807) is 6.07 Å². The molecule has 0 aliphatic carbocycles. The van der Waals surface area contributed by atoms with Crippen LogP contribution in [0.25, 0.3) is 0 Å². The second-order valence-corrected chi connectivity index (χ2v) is 7.51. The minimum absolute atomic E-state index is 0.118. The zero-order valence-electron chi connectivity index (χ0n) is 13.4. The van der Waals surface area contributed by atoms with Gasteiger partial charge in [0, 0.05) is 13.0 Å². The molecule has 134 valence electrons. The van der Waals surface area contributed by atoms with Gasteiger partial charge in [-0.3, -0.25) is 4.79 Å². The lowest BCUT2D eigenvalue weighted by Gasteiger charge is -2.21. The molecular weight excluding hydrogens is 364 g/mol. The van der Waals surface area contributed by atoms with Gasteiger partial charge in [-0.25, -0.2) is 8.78 Å². The average Bonchev–Trinajstić information content (AvgIpc) is 3.11. The number of amides is 1. The van der Waals surface area contributed by atoms with Gasteiger partial charge >= 0.3 is 0 Å². The summed E-state index contributed by atoms with van der Waals surface area (Å²) in [7, 11) is -4.07. The first kappa shape index (κ1) is 16.6. The molecule has 9 heteroatoms. The summed E-state index contributed by atoms with van der Waals surface area (Å²) in [6.07, 6.45) is 0.990. The second-order valence-electron chi connectivity index (χ2n) is 5.94. The highest BCUT2D eigenvalue weighted by Gasteiger charge is 2.33. The zero-order chi connectivity index (χ0) is 18.5. The van der Waals surface area contributed by atoms with E-state index in [-0.39, 0.29) is 33.6 Å². The second kappa shape index (κ2) is 5.87. The fourth-order valence-electron chi connectivity index (χ4n) is 3.13. The Hall–Kier alpha value is -2.81. The smallest absolute Gasteiger partial charge is 0.285 e. The summed E-state index contributed by atoms with van der Waals surface area (Å²) in [5.74, 6) is -1.96. The summed E-state index contributed by atoms with van der Waals surface area (Å²) < 4.78 is 56.5. The number of halogens is 2. The number of rotatable bonds is 2. The minimum Gasteiger partial charge on any atom is -0.335 e. The van der Waals surface area contributed by atoms with Crippen molar-refractivity contribution < 1.29 is 22.0 Å². The molecule has 1 fully saturated rings. The summed E-state index contributed by atoms with van der Waals surface area (Å²) in [5.41, 5.74) is -0.0976. The van der Waals surface area contributed by atoms with Crippen LogP contribution in [0.5, 0.6) is 0 Å². The van der Waals surface area contributed by atoms with Crippen LogP contribution in [0, 0.1) is 11.6 Å². The number of sulfonamides is 1. The van der Waals surface area contributed by atoms with Crippen molar-refractivity contribution >= 4 is 33.1 Å². The van der Waals surface area contributed by atoms with Gasteiger partial charge in [0.15, 0.2) is 5.84 Å². The van der Waals surface area contributed by atoms with Crippen molar-refractivity contribution in [3.05, 3.63) is 53.6 Å². The molecule has 26 heavy (non-hydrogen) atoms. The Morgan fingerprint density at radius 1 is 1.08 bits per heavy atom. The highest BCUT2D eigenvalue weighted by molar-refractivity contribution is 7.90. The van der Waals surface area contributed by atoms with Gasteiger partial charge in [0.25, 0.3) is 10.0 Å². The van der Waals surface area contributed by atoms with Gasteiger partial charge in [-0.05, 0) is 30.7 Å². The molecule has 6 nitrogen and oxygen atoms in total. The fourth-order valence-corrected chi connectivity index (χ4v) is 4.31. The SMILES string of the molecule is O=C1CCCN1c1cccc(F)c1NC1=NS(=O)(=O)c2cccc(F)c21. The summed E-state index contributed by atoms with van der Waals surface area (Å²) in [5, 5.41) is 2.59. The fraction of sp³-hybridized carbons (Fsp3) is 0.176. The van der Waals surface area contributed by atoms with E-state index < -0.39 is 21.7 Å². The third-order valence-corrected chi connectivity index (χ3v) is 5.62. The van der Waals surface area contributed by atoms with Gasteiger partial charge in [0.1, 0.15) is 22.2 Å². The Morgan fingerprint density at radius 2 is 1.81 bits per heavy atom. The lowest BCUT2D eigenvalue weighted by atomic mass is 10.1. The molecule has 1 amide bonds. The largest absolute Gasteiger partial charge is 0.335 e. The van der Waals surface area contributed by atoms with Gasteiger partial charge < -0.3 is 10.2 Å². The van der Waals surface area contributed by atoms with E-state index in [0.717, 1.165) is 6.07 Å². The molecule has 0 unspecified atom stereocenters. The molecule has 1 N–H and O–H groups in total. The number of anilines is 2. The standard InChI is InChI=1S/C17H13F2N3O3S/c18-10-4-2-7-13-15(10)17(21-26(13,24)25)20-16-11(19)5-1-6-12(16)22-9-3-8-14(22)23/h1-2,4-7H,3,8-9H2,(H,20,21). The Bertz CT molecular complexity index is 1070. The molecule has 2 aliphatic rings. The third-order valence-electron chi connectivity index (χ3n) is 4.30. The number of amidine groups is 1. The molecule has 0 aromatic heterocycles. The number of carbonyl (C=O) groups is 1. The Kier molecular flexibility index (Phi) is 3.76. The number of hydrogen-bond acceptors (Lipinski definition) is 4. The van der Waals surface area contributed by atoms with Crippen molar-refractivity contribution in [1.82, 2.24) is 0 Å². The topological polar surface area (TPSA) is 78.8 Å². The maximum atomic E-state index is 14.5. The molecule has 2 aromatic carbocycles. The van der Waals surface area contributed by atoms with E-state index in [1.807, 2.05) is 0 Å². The van der Waals surface area contributed by atoms with Crippen molar-refractivity contribution in [2.24, 2.45) is 4.40 Å². The molecule has 0 bridgehead atoms. The maximum Gasteiger partial charge on any atom is 0.285 e. The van der Waals surface area contributed by atoms with Crippen LogP contribution in [0.4, 0.5) is 20.2 Å². The predicted octanol–water partition coefficient (Wildman–Crippen LogP) is 2.65. The number of carbonyl (C=O) groups excluding carboxylic acids is 1. The Labute approximate surface area is 148 Å². The van der Waals surface area contributed by atoms with E-state index in [9.17, 15) is 22.0 Å². The Morgan fingerprint density at radius 3 is 2.54 bits per heavy atom. The van der Waals surface area contributed by atoms with E-state index in [0.29, 0.717) is 19.4 Å². The molecule has 2 aliphatic heterocycles. The quantitative estimate of drug-likeness (QED) is 0.873. The first-order valence-corrected chi connectivity index (χ1v) is 9.32. The van der Waals surface area contributed by atoms with Crippen LogP contribution in [-0.4, -0.2) is 26.7 Å². The molecule has 0 atom stereocenters. The van der Waals surface area contributed by atoms with Crippen LogP contribution in [0.2, 0.25) is 0 Å². The van der Waals surface area contributed by atoms with Crippen molar-refractivity contribution in [2.45, 2.75) is 17.7 Å². The highest BCUT2D eigenvalue weighted by Crippen LogP contribution is 2.35. The van der Waals surface area contributed by atoms with Gasteiger partial charge in [-0.2, -0.15) is 8.42 Å². The molecule has 1 saturated heterocycles. The first-order valence-electron chi connectivity index (χ1n) is 7.88. The van der Waals surface area contributed by atoms with Crippen molar-refractivity contribution in [2.75, 3.05) is 16.8 Å². The Balaban J connectivity index is 1.82. The molecular formula is C17H13F2N3O3S. The average molecular weight is 377 g/mol. The van der Waals surface area contributed by atoms with E-state index in [2.05, 4.69) is 9.71 Å². The molecule has 0 saturated carbocycles. The van der Waals surface area contributed by atoms with Crippen LogP contribution in [-0.2, 0) is 14.8 Å². The molecule has 0 spiro atoms. The van der Waals surface area contributed by atoms with Crippen LogP contribution < -0.4 is 10.2 Å².